The Kier molecular flexibility index (Phi) is 7.04. The maximum Gasteiger partial charge on any atom is 0.245 e. The van der Waals surface area contributed by atoms with E-state index in [-0.39, 0.29) is 11.8 Å². The molecule has 2 heterocycles. The van der Waals surface area contributed by atoms with Gasteiger partial charge in [0.15, 0.2) is 0 Å². The fourth-order valence-electron chi connectivity index (χ4n) is 5.39. The number of rotatable bonds is 6. The minimum absolute atomic E-state index is 0.0564. The monoisotopic (exact) mass is 465 g/mol. The van der Waals surface area contributed by atoms with Crippen molar-refractivity contribution in [1.29, 1.82) is 0 Å². The number of thiol groups is 1. The highest BCUT2D eigenvalue weighted by Gasteiger charge is 2.47. The standard InChI is InChI=1S/C23H32ClN3O3S/c24-18-1-3-19(4-2-18)26-23(7-11-30-12-8-23)21(29)25-15-17-13-22(14-17)5-9-27(10-6-22)20(28)16-31/h1-4,17,26,31H,5-16H2,(H,25,29). The third kappa shape index (κ3) is 5.15. The Morgan fingerprint density at radius 3 is 2.35 bits per heavy atom. The third-order valence-corrected chi connectivity index (χ3v) is 7.84. The zero-order chi connectivity index (χ0) is 21.9. The highest BCUT2D eigenvalue weighted by atomic mass is 35.5. The maximum atomic E-state index is 13.2. The fraction of sp³-hybridized carbons (Fsp3) is 0.652. The molecule has 0 atom stereocenters. The van der Waals surface area contributed by atoms with Crippen LogP contribution in [0.25, 0.3) is 0 Å². The molecule has 1 saturated carbocycles. The van der Waals surface area contributed by atoms with Crippen LogP contribution in [-0.4, -0.2) is 60.9 Å². The first kappa shape index (κ1) is 22.7. The van der Waals surface area contributed by atoms with E-state index in [0.29, 0.717) is 54.7 Å². The Labute approximate surface area is 194 Å². The first-order valence-corrected chi connectivity index (χ1v) is 12.2. The van der Waals surface area contributed by atoms with E-state index in [9.17, 15) is 9.59 Å². The molecule has 1 aromatic carbocycles. The fourth-order valence-corrected chi connectivity index (χ4v) is 5.72. The molecule has 1 spiro atoms. The molecule has 3 fully saturated rings. The van der Waals surface area contributed by atoms with Crippen LogP contribution in [-0.2, 0) is 14.3 Å². The molecule has 3 aliphatic rings. The van der Waals surface area contributed by atoms with E-state index in [1.165, 1.54) is 0 Å². The minimum Gasteiger partial charge on any atom is -0.381 e. The van der Waals surface area contributed by atoms with Crippen molar-refractivity contribution in [2.24, 2.45) is 11.3 Å². The van der Waals surface area contributed by atoms with Gasteiger partial charge in [0.25, 0.3) is 0 Å². The smallest absolute Gasteiger partial charge is 0.245 e. The molecule has 4 rings (SSSR count). The summed E-state index contributed by atoms with van der Waals surface area (Å²) in [5, 5.41) is 7.37. The first-order valence-electron chi connectivity index (χ1n) is 11.2. The van der Waals surface area contributed by atoms with Crippen molar-refractivity contribution in [3.63, 3.8) is 0 Å². The van der Waals surface area contributed by atoms with Crippen LogP contribution in [0.2, 0.25) is 5.02 Å². The van der Waals surface area contributed by atoms with E-state index in [4.69, 9.17) is 16.3 Å². The van der Waals surface area contributed by atoms with Crippen molar-refractivity contribution in [3.05, 3.63) is 29.3 Å². The lowest BCUT2D eigenvalue weighted by Gasteiger charge is -2.52. The second kappa shape index (κ2) is 9.59. The van der Waals surface area contributed by atoms with Crippen LogP contribution < -0.4 is 10.6 Å². The third-order valence-electron chi connectivity index (χ3n) is 7.32. The summed E-state index contributed by atoms with van der Waals surface area (Å²) in [5.41, 5.74) is 0.610. The largest absolute Gasteiger partial charge is 0.381 e. The van der Waals surface area contributed by atoms with Gasteiger partial charge in [-0.1, -0.05) is 11.6 Å². The van der Waals surface area contributed by atoms with Gasteiger partial charge >= 0.3 is 0 Å². The number of hydrogen-bond acceptors (Lipinski definition) is 5. The van der Waals surface area contributed by atoms with Gasteiger partial charge in [0.05, 0.1) is 5.75 Å². The number of benzene rings is 1. The lowest BCUT2D eigenvalue weighted by Crippen LogP contribution is -2.57. The Bertz CT molecular complexity index is 782. The van der Waals surface area contributed by atoms with Crippen LogP contribution in [0.15, 0.2) is 24.3 Å². The topological polar surface area (TPSA) is 70.7 Å². The molecule has 0 aromatic heterocycles. The minimum atomic E-state index is -0.647. The van der Waals surface area contributed by atoms with Crippen LogP contribution in [0.5, 0.6) is 0 Å². The van der Waals surface area contributed by atoms with Gasteiger partial charge in [-0.2, -0.15) is 12.6 Å². The quantitative estimate of drug-likeness (QED) is 0.563. The van der Waals surface area contributed by atoms with Gasteiger partial charge in [0, 0.05) is 56.4 Å². The average molecular weight is 466 g/mol. The maximum absolute atomic E-state index is 13.2. The van der Waals surface area contributed by atoms with Gasteiger partial charge in [0.1, 0.15) is 5.54 Å². The molecule has 0 radical (unpaired) electrons. The molecule has 31 heavy (non-hydrogen) atoms. The highest BCUT2D eigenvalue weighted by molar-refractivity contribution is 7.81. The summed E-state index contributed by atoms with van der Waals surface area (Å²) in [5.74, 6) is 0.999. The summed E-state index contributed by atoms with van der Waals surface area (Å²) in [7, 11) is 0. The predicted molar refractivity (Wildman–Crippen MR) is 126 cm³/mol. The SMILES string of the molecule is O=C(CS)N1CCC2(CC1)CC(CNC(=O)C1(Nc3ccc(Cl)cc3)CCOCC1)C2. The number of likely N-dealkylation sites (tertiary alicyclic amines) is 1. The van der Waals surface area contributed by atoms with Crippen molar-refractivity contribution in [2.75, 3.05) is 43.9 Å². The summed E-state index contributed by atoms with van der Waals surface area (Å²) < 4.78 is 5.52. The van der Waals surface area contributed by atoms with Crippen LogP contribution in [0, 0.1) is 11.3 Å². The molecule has 2 saturated heterocycles. The molecular weight excluding hydrogens is 434 g/mol. The van der Waals surface area contributed by atoms with Gasteiger partial charge in [-0.3, -0.25) is 9.59 Å². The zero-order valence-corrected chi connectivity index (χ0v) is 19.5. The highest BCUT2D eigenvalue weighted by Crippen LogP contribution is 2.52. The number of anilines is 1. The summed E-state index contributed by atoms with van der Waals surface area (Å²) in [6, 6.07) is 7.48. The number of ether oxygens (including phenoxy) is 1. The predicted octanol–water partition coefficient (Wildman–Crippen LogP) is 3.37. The average Bonchev–Trinajstić information content (AvgIpc) is 2.78. The number of amides is 2. The van der Waals surface area contributed by atoms with Gasteiger partial charge in [-0.25, -0.2) is 0 Å². The number of piperidine rings is 1. The van der Waals surface area contributed by atoms with Crippen LogP contribution in [0.4, 0.5) is 5.69 Å². The van der Waals surface area contributed by atoms with Gasteiger partial charge in [-0.05, 0) is 61.3 Å². The Hall–Kier alpha value is -1.44. The number of halogens is 1. The molecule has 0 bridgehead atoms. The molecule has 6 nitrogen and oxygen atoms in total. The Morgan fingerprint density at radius 2 is 1.74 bits per heavy atom. The molecule has 2 N–H and O–H groups in total. The van der Waals surface area contributed by atoms with Crippen LogP contribution in [0.3, 0.4) is 0 Å². The molecular formula is C23H32ClN3O3S. The summed E-state index contributed by atoms with van der Waals surface area (Å²) in [6.45, 7) is 3.54. The van der Waals surface area contributed by atoms with Crippen LogP contribution in [0.1, 0.15) is 38.5 Å². The van der Waals surface area contributed by atoms with Crippen molar-refractivity contribution in [3.8, 4) is 0 Å². The lowest BCUT2D eigenvalue weighted by atomic mass is 9.57. The summed E-state index contributed by atoms with van der Waals surface area (Å²) in [6.07, 6.45) is 5.69. The first-order chi connectivity index (χ1) is 14.9. The van der Waals surface area contributed by atoms with Gasteiger partial charge < -0.3 is 20.3 Å². The number of nitrogens with one attached hydrogen (secondary N) is 2. The molecule has 2 amide bonds. The second-order valence-corrected chi connectivity index (χ2v) is 10.1. The summed E-state index contributed by atoms with van der Waals surface area (Å²) in [4.78, 5) is 27.0. The molecule has 170 valence electrons. The van der Waals surface area contributed by atoms with Crippen molar-refractivity contribution in [1.82, 2.24) is 10.2 Å². The molecule has 2 aliphatic heterocycles. The van der Waals surface area contributed by atoms with Crippen molar-refractivity contribution >= 4 is 41.7 Å². The molecule has 1 aromatic rings. The van der Waals surface area contributed by atoms with E-state index in [1.54, 1.807) is 0 Å². The number of carbonyl (C=O) groups excluding carboxylic acids is 2. The van der Waals surface area contributed by atoms with Gasteiger partial charge in [-0.15, -0.1) is 0 Å². The Balaban J connectivity index is 1.28. The van der Waals surface area contributed by atoms with E-state index in [1.807, 2.05) is 29.2 Å². The normalized spacial score (nSPS) is 22.6. The zero-order valence-electron chi connectivity index (χ0n) is 17.9. The molecule has 0 unspecified atom stereocenters. The van der Waals surface area contributed by atoms with E-state index < -0.39 is 5.54 Å². The summed E-state index contributed by atoms with van der Waals surface area (Å²) >= 11 is 10.1. The van der Waals surface area contributed by atoms with E-state index >= 15 is 0 Å². The second-order valence-electron chi connectivity index (χ2n) is 9.35. The lowest BCUT2D eigenvalue weighted by molar-refractivity contribution is -0.133. The molecule has 1 aliphatic carbocycles. The molecule has 8 heteroatoms. The van der Waals surface area contributed by atoms with Gasteiger partial charge in [0.2, 0.25) is 11.8 Å². The number of nitrogens with zero attached hydrogens (tertiary/aromatic N) is 1. The number of hydrogen-bond donors (Lipinski definition) is 3. The van der Waals surface area contributed by atoms with Crippen LogP contribution >= 0.6 is 24.2 Å². The van der Waals surface area contributed by atoms with E-state index in [0.717, 1.165) is 44.5 Å². The van der Waals surface area contributed by atoms with Crippen molar-refractivity contribution < 1.29 is 14.3 Å². The van der Waals surface area contributed by atoms with E-state index in [2.05, 4.69) is 23.3 Å². The number of carbonyl (C=O) groups is 2. The Morgan fingerprint density at radius 1 is 1.10 bits per heavy atom. The van der Waals surface area contributed by atoms with Crippen molar-refractivity contribution in [2.45, 2.75) is 44.1 Å².